The highest BCUT2D eigenvalue weighted by molar-refractivity contribution is 5.98. The maximum atomic E-state index is 13.5. The molecule has 1 saturated heterocycles. The highest BCUT2D eigenvalue weighted by Crippen LogP contribution is 2.73. The number of cyclic esters (lactones) is 2. The summed E-state index contributed by atoms with van der Waals surface area (Å²) < 4.78 is 4.59. The van der Waals surface area contributed by atoms with Gasteiger partial charge < -0.3 is 4.74 Å². The minimum atomic E-state index is -0.304. The van der Waals surface area contributed by atoms with Crippen molar-refractivity contribution in [1.29, 1.82) is 0 Å². The van der Waals surface area contributed by atoms with Gasteiger partial charge in [0.25, 0.3) is 0 Å². The third kappa shape index (κ3) is 13.6. The van der Waals surface area contributed by atoms with Gasteiger partial charge in [0.2, 0.25) is 0 Å². The number of Topliss-reactive ketones (excluding diaryl/α,β-unsaturated/α-hetero) is 2. The Morgan fingerprint density at radius 2 is 0.744 bits per heavy atom. The molecule has 0 aromatic rings. The van der Waals surface area contributed by atoms with E-state index in [9.17, 15) is 19.2 Å². The lowest BCUT2D eigenvalue weighted by Gasteiger charge is -2.49. The van der Waals surface area contributed by atoms with Crippen LogP contribution in [0.1, 0.15) is 226 Å². The molecule has 0 N–H and O–H groups in total. The maximum absolute atomic E-state index is 13.5. The molecule has 32 bridgehead atoms. The Morgan fingerprint density at radius 3 is 1.12 bits per heavy atom. The lowest BCUT2D eigenvalue weighted by atomic mass is 9.53. The molecule has 129 heavy (non-hydrogen) atoms. The summed E-state index contributed by atoms with van der Waals surface area (Å²) in [6.07, 6.45) is 128. The van der Waals surface area contributed by atoms with Gasteiger partial charge in [-0.1, -0.05) is 230 Å². The molecule has 43 unspecified atom stereocenters. The quantitative estimate of drug-likeness (QED) is 0.113. The highest BCUT2D eigenvalue weighted by Gasteiger charge is 2.69. The van der Waals surface area contributed by atoms with Gasteiger partial charge in [-0.15, -0.1) is 6.58 Å². The summed E-state index contributed by atoms with van der Waals surface area (Å²) in [5.41, 5.74) is 3.77. The van der Waals surface area contributed by atoms with Gasteiger partial charge in [0.15, 0.2) is 0 Å². The second-order valence-electron chi connectivity index (χ2n) is 50.5. The van der Waals surface area contributed by atoms with Crippen LogP contribution in [0.25, 0.3) is 0 Å². The van der Waals surface area contributed by atoms with E-state index in [1.165, 1.54) is 186 Å². The number of allylic oxidation sites excluding steroid dienone is 37. The molecule has 19 saturated carbocycles. The van der Waals surface area contributed by atoms with E-state index < -0.39 is 0 Å². The van der Waals surface area contributed by atoms with Crippen molar-refractivity contribution < 1.29 is 23.9 Å². The molecule has 0 aromatic carbocycles. The van der Waals surface area contributed by atoms with Crippen LogP contribution < -0.4 is 0 Å². The molecule has 20 fully saturated rings. The van der Waals surface area contributed by atoms with Crippen molar-refractivity contribution >= 4 is 23.5 Å². The molecule has 36 rings (SSSR count). The molecule has 0 aromatic heterocycles. The average molecular weight is 1720 g/mol. The van der Waals surface area contributed by atoms with Gasteiger partial charge in [-0.25, -0.2) is 0 Å². The van der Waals surface area contributed by atoms with Crippen molar-refractivity contribution in [2.75, 3.05) is 0 Å². The summed E-state index contributed by atoms with van der Waals surface area (Å²) in [6, 6.07) is 0. The first kappa shape index (κ1) is 83.2. The number of ether oxygens (including phenoxy) is 1. The summed E-state index contributed by atoms with van der Waals surface area (Å²) in [7, 11) is 0. The van der Waals surface area contributed by atoms with Crippen molar-refractivity contribution in [3.8, 4) is 0 Å². The number of ketones is 2. The Hall–Kier alpha value is -6.46. The van der Waals surface area contributed by atoms with Crippen molar-refractivity contribution in [3.05, 3.63) is 230 Å². The van der Waals surface area contributed by atoms with Crippen LogP contribution in [-0.4, -0.2) is 23.5 Å². The first-order chi connectivity index (χ1) is 63.1. The zero-order valence-electron chi connectivity index (χ0n) is 78.1. The van der Waals surface area contributed by atoms with Gasteiger partial charge in [-0.3, -0.25) is 19.2 Å². The van der Waals surface area contributed by atoms with Crippen molar-refractivity contribution in [3.63, 3.8) is 0 Å². The van der Waals surface area contributed by atoms with Crippen LogP contribution in [0.4, 0.5) is 0 Å². The van der Waals surface area contributed by atoms with Crippen molar-refractivity contribution in [1.82, 2.24) is 0 Å². The molecule has 5 heteroatoms. The molecule has 678 valence electrons. The van der Waals surface area contributed by atoms with Crippen LogP contribution >= 0.6 is 0 Å². The van der Waals surface area contributed by atoms with Crippen LogP contribution in [0, 0.1) is 276 Å². The molecule has 1 aliphatic heterocycles. The molecule has 0 radical (unpaired) electrons. The van der Waals surface area contributed by atoms with Gasteiger partial charge in [0.1, 0.15) is 11.6 Å². The molecule has 1 heterocycles. The third-order valence-electron chi connectivity index (χ3n) is 45.2. The molecule has 0 amide bonds. The van der Waals surface area contributed by atoms with Crippen molar-refractivity contribution in [2.24, 2.45) is 276 Å². The Kier molecular flexibility index (Phi) is 20.9. The van der Waals surface area contributed by atoms with Gasteiger partial charge >= 0.3 is 11.9 Å². The number of hydrogen-bond donors (Lipinski definition) is 0. The molecule has 5 nitrogen and oxygen atoms in total. The fraction of sp³-hybridized carbons (Fsp3) is 0.661. The minimum absolute atomic E-state index is 0.0655. The Bertz CT molecular complexity index is 4830. The number of carbonyl (C=O) groups excluding carboxylic acids is 4. The second kappa shape index (κ2) is 32.4. The SMILES string of the molecule is C/C=C1\CC2C=CC1C2.C/C=C1\CC2CC1C1C3C=CC(C3)C21.C1=CC2C3C=CC(C3)C2C1.C1=CC2C=CC1C2.C1=CC2CC1C1C3C=CC(C3)C21.C1=CC2CC1C1C3CCC(C3)C21.C1=CC2CCC1C2.C=CC1CC2C=CC1C2.O=C1C2(CCC13CC1C=CC3C1)CC1C=CC2C1.O=C1C2(CCCC13CC1C=CC3C1)CC1C=CC2C1.O=C1OC(=O)C2C3C=CC(C3)C12. The van der Waals surface area contributed by atoms with E-state index in [0.717, 1.165) is 214 Å². The zero-order chi connectivity index (χ0) is 86.1. The van der Waals surface area contributed by atoms with E-state index >= 15 is 0 Å². The largest absolute Gasteiger partial charge is 0.393 e. The zero-order valence-corrected chi connectivity index (χ0v) is 78.1. The lowest BCUT2D eigenvalue weighted by Crippen LogP contribution is -2.51. The summed E-state index contributed by atoms with van der Waals surface area (Å²) >= 11 is 0. The molecular formula is C124H152O5. The van der Waals surface area contributed by atoms with Gasteiger partial charge in [-0.2, -0.15) is 0 Å². The van der Waals surface area contributed by atoms with E-state index in [1.54, 1.807) is 30.4 Å². The summed E-state index contributed by atoms with van der Waals surface area (Å²) in [4.78, 5) is 49.1. The smallest absolute Gasteiger partial charge is 0.318 e. The van der Waals surface area contributed by atoms with Gasteiger partial charge in [-0.05, 0) is 462 Å². The predicted octanol–water partition coefficient (Wildman–Crippen LogP) is 27.8. The fourth-order valence-corrected chi connectivity index (χ4v) is 40.0. The molecule has 43 atom stereocenters. The van der Waals surface area contributed by atoms with Crippen LogP contribution in [0.5, 0.6) is 0 Å². The van der Waals surface area contributed by atoms with Crippen LogP contribution in [0.3, 0.4) is 0 Å². The average Bonchev–Trinajstić information content (AvgIpc) is 1.54. The number of fused-ring (bicyclic) bond motifs is 57. The lowest BCUT2D eigenvalue weighted by molar-refractivity contribution is -0.154. The van der Waals surface area contributed by atoms with Gasteiger partial charge in [0, 0.05) is 21.7 Å². The summed E-state index contributed by atoms with van der Waals surface area (Å²) in [6.45, 7) is 8.23. The fourth-order valence-electron chi connectivity index (χ4n) is 40.0. The Balaban J connectivity index is 0.0000000759. The standard InChI is InChI=1S/C18H22O.C17H20O.C14H18.C12H16.C12H14.C10H12.C9H8O3.2C9H12.C7H10.C7H8/c19-16-17(10-12-2-4-14(17)8-12)6-1-7-18(16)11-13-3-5-15(18)9-13;18-15-16(9-11-1-3-13(16)7-11)5-6-17(15)10-12-2-4-14(17)8-12;1-2-8-5-11-7-12(8)14-10-4-3-9(6-10)13(11)14;2*1-2-8-5-7(1)11-9-3-4-10(6-9)12(8)11;1-2-9-7-4-5-8(6-7)10(9)3-1;10-8-6-4-1-2-5(3-4)7(6)9(11)12-8;2*1-2-8-5-7-3-4-9(8)6-7;2*1-2-7-4-3-6(1)5-7/h2-5,12-15H,1,6-11H2;1-4,11-14H,5-10H2;2-4,9-14H,5-7H2,1H3;1-2,7-12H,3-6H2;1-4,7-12H,5-6H2;1-2,4-5,7-10H,3,6H2;1-2,4-7H,3H2;2-4,7,9H,5-6H2,1H3;2-4,7-9H,1,5-6H2;1-2,6-7H,3-5H2;1-4,6-7H,5H2/b;;8-2+;;;;;8-2+;;;. The van der Waals surface area contributed by atoms with E-state index in [1.807, 2.05) is 12.2 Å². The number of carbonyl (C=O) groups is 4. The molecular weight excluding hydrogens is 1570 g/mol. The summed E-state index contributed by atoms with van der Waals surface area (Å²) in [5.74, 6) is 36.9. The van der Waals surface area contributed by atoms with E-state index in [-0.39, 0.29) is 57.3 Å². The Labute approximate surface area is 774 Å². The van der Waals surface area contributed by atoms with Crippen LogP contribution in [0.2, 0.25) is 0 Å². The highest BCUT2D eigenvalue weighted by atomic mass is 16.6. The monoisotopic (exact) mass is 1720 g/mol. The first-order valence-corrected chi connectivity index (χ1v) is 54.8. The molecule has 35 aliphatic carbocycles. The molecule has 36 aliphatic rings. The summed E-state index contributed by atoms with van der Waals surface area (Å²) in [5, 5.41) is 0. The third-order valence-corrected chi connectivity index (χ3v) is 45.2. The van der Waals surface area contributed by atoms with E-state index in [4.69, 9.17) is 0 Å². The van der Waals surface area contributed by atoms with Crippen LogP contribution in [-0.2, 0) is 23.9 Å². The number of esters is 2. The first-order valence-electron chi connectivity index (χ1n) is 54.8. The van der Waals surface area contributed by atoms with E-state index in [0.29, 0.717) is 35.2 Å². The van der Waals surface area contributed by atoms with Gasteiger partial charge in [0.05, 0.1) is 11.8 Å². The minimum Gasteiger partial charge on any atom is -0.393 e. The topological polar surface area (TPSA) is 77.5 Å². The second-order valence-corrected chi connectivity index (χ2v) is 50.5. The number of rotatable bonds is 1. The number of hydrogen-bond acceptors (Lipinski definition) is 5. The van der Waals surface area contributed by atoms with Crippen molar-refractivity contribution in [2.45, 2.75) is 226 Å². The maximum Gasteiger partial charge on any atom is 0.318 e. The normalized spacial score (nSPS) is 54.9. The Morgan fingerprint density at radius 1 is 0.318 bits per heavy atom. The van der Waals surface area contributed by atoms with E-state index in [2.05, 4.69) is 226 Å². The van der Waals surface area contributed by atoms with Crippen LogP contribution in [0.15, 0.2) is 230 Å². The predicted molar refractivity (Wildman–Crippen MR) is 517 cm³/mol. The molecule has 4 spiro atoms.